The highest BCUT2D eigenvalue weighted by Gasteiger charge is 2.48. The molecule has 0 aromatic heterocycles. The third-order valence-corrected chi connectivity index (χ3v) is 3.58. The predicted octanol–water partition coefficient (Wildman–Crippen LogP) is 1.86. The lowest BCUT2D eigenvalue weighted by molar-refractivity contribution is -0.149. The Kier molecular flexibility index (Phi) is 3.57. The summed E-state index contributed by atoms with van der Waals surface area (Å²) < 4.78 is 5.60. The third-order valence-electron chi connectivity index (χ3n) is 3.58. The summed E-state index contributed by atoms with van der Waals surface area (Å²) in [5.74, 6) is -1.23. The van der Waals surface area contributed by atoms with Crippen molar-refractivity contribution in [2.24, 2.45) is 0 Å². The topological polar surface area (TPSA) is 84.5 Å². The highest BCUT2D eigenvalue weighted by molar-refractivity contribution is 6.21. The van der Waals surface area contributed by atoms with Crippen LogP contribution in [0.25, 0.3) is 11.1 Å². The summed E-state index contributed by atoms with van der Waals surface area (Å²) in [6.07, 6.45) is 0. The Morgan fingerprint density at radius 2 is 1.43 bits per heavy atom. The Morgan fingerprint density at radius 1 is 0.826 bits per heavy atom. The lowest BCUT2D eigenvalue weighted by atomic mass is 10.0. The first-order valence-electron chi connectivity index (χ1n) is 7.00. The molecule has 1 heterocycles. The maximum absolute atomic E-state index is 12.0. The van der Waals surface area contributed by atoms with E-state index in [0.717, 1.165) is 11.1 Å². The van der Waals surface area contributed by atoms with Gasteiger partial charge in [-0.1, -0.05) is 42.5 Å². The molecule has 1 saturated heterocycles. The quantitative estimate of drug-likeness (QED) is 0.847. The number of nitrogens with one attached hydrogen (secondary N) is 2. The molecule has 4 amide bonds. The smallest absolute Gasteiger partial charge is 0.328 e. The van der Waals surface area contributed by atoms with Gasteiger partial charge < -0.3 is 4.74 Å². The molecule has 1 aliphatic rings. The van der Waals surface area contributed by atoms with Crippen LogP contribution in [0.1, 0.15) is 6.92 Å². The van der Waals surface area contributed by atoms with E-state index in [4.69, 9.17) is 4.74 Å². The van der Waals surface area contributed by atoms with Gasteiger partial charge in [0.25, 0.3) is 17.4 Å². The second-order valence-corrected chi connectivity index (χ2v) is 5.27. The van der Waals surface area contributed by atoms with Gasteiger partial charge in [0, 0.05) is 0 Å². The van der Waals surface area contributed by atoms with Crippen molar-refractivity contribution in [1.82, 2.24) is 10.6 Å². The SMILES string of the molecule is CC1(Oc2cccc(-c3ccccc3)c2)C(=O)NC(=O)NC1=O. The van der Waals surface area contributed by atoms with Crippen molar-refractivity contribution in [3.63, 3.8) is 0 Å². The van der Waals surface area contributed by atoms with E-state index < -0.39 is 23.4 Å². The van der Waals surface area contributed by atoms with Gasteiger partial charge >= 0.3 is 6.03 Å². The van der Waals surface area contributed by atoms with E-state index in [1.807, 2.05) is 47.0 Å². The number of hydrogen-bond donors (Lipinski definition) is 2. The lowest BCUT2D eigenvalue weighted by Gasteiger charge is -2.30. The molecule has 0 atom stereocenters. The highest BCUT2D eigenvalue weighted by atomic mass is 16.5. The molecule has 6 nitrogen and oxygen atoms in total. The minimum Gasteiger partial charge on any atom is -0.468 e. The monoisotopic (exact) mass is 310 g/mol. The average Bonchev–Trinajstić information content (AvgIpc) is 2.54. The molecule has 0 aliphatic carbocycles. The van der Waals surface area contributed by atoms with Gasteiger partial charge in [0.2, 0.25) is 0 Å². The van der Waals surface area contributed by atoms with Crippen LogP contribution in [0.3, 0.4) is 0 Å². The van der Waals surface area contributed by atoms with Crippen LogP contribution in [0, 0.1) is 0 Å². The Bertz CT molecular complexity index is 766. The number of barbiturate groups is 1. The largest absolute Gasteiger partial charge is 0.468 e. The van der Waals surface area contributed by atoms with E-state index in [9.17, 15) is 14.4 Å². The second kappa shape index (κ2) is 5.57. The van der Waals surface area contributed by atoms with Gasteiger partial charge in [0.05, 0.1) is 0 Å². The van der Waals surface area contributed by atoms with E-state index in [2.05, 4.69) is 0 Å². The van der Waals surface area contributed by atoms with Crippen LogP contribution in [0.15, 0.2) is 54.6 Å². The fourth-order valence-corrected chi connectivity index (χ4v) is 2.28. The summed E-state index contributed by atoms with van der Waals surface area (Å²) in [4.78, 5) is 35.1. The van der Waals surface area contributed by atoms with Crippen LogP contribution in [-0.4, -0.2) is 23.4 Å². The summed E-state index contributed by atoms with van der Waals surface area (Å²) in [6, 6.07) is 15.8. The fourth-order valence-electron chi connectivity index (χ4n) is 2.28. The zero-order valence-electron chi connectivity index (χ0n) is 12.3. The summed E-state index contributed by atoms with van der Waals surface area (Å²) in [5, 5.41) is 4.06. The van der Waals surface area contributed by atoms with E-state index in [1.165, 1.54) is 6.92 Å². The molecule has 3 rings (SSSR count). The van der Waals surface area contributed by atoms with Gasteiger partial charge in [-0.05, 0) is 30.2 Å². The van der Waals surface area contributed by atoms with Crippen molar-refractivity contribution < 1.29 is 19.1 Å². The van der Waals surface area contributed by atoms with Gasteiger partial charge in [0.15, 0.2) is 0 Å². The number of carbonyl (C=O) groups is 3. The van der Waals surface area contributed by atoms with Crippen molar-refractivity contribution in [2.75, 3.05) is 0 Å². The van der Waals surface area contributed by atoms with Crippen molar-refractivity contribution in [3.8, 4) is 16.9 Å². The fraction of sp³-hybridized carbons (Fsp3) is 0.118. The number of ether oxygens (including phenoxy) is 1. The van der Waals surface area contributed by atoms with Crippen molar-refractivity contribution in [1.29, 1.82) is 0 Å². The third kappa shape index (κ3) is 2.78. The van der Waals surface area contributed by atoms with E-state index in [1.54, 1.807) is 18.2 Å². The molecule has 1 fully saturated rings. The molecule has 0 unspecified atom stereocenters. The zero-order valence-corrected chi connectivity index (χ0v) is 12.3. The Hall–Kier alpha value is -3.15. The normalized spacial score (nSPS) is 16.5. The number of imide groups is 2. The van der Waals surface area contributed by atoms with Gasteiger partial charge in [-0.25, -0.2) is 4.79 Å². The number of benzene rings is 2. The molecule has 2 aromatic carbocycles. The molecule has 2 aromatic rings. The minimum absolute atomic E-state index is 0.355. The Balaban J connectivity index is 1.90. The maximum Gasteiger partial charge on any atom is 0.328 e. The molecule has 23 heavy (non-hydrogen) atoms. The van der Waals surface area contributed by atoms with Crippen LogP contribution in [0.4, 0.5) is 4.79 Å². The van der Waals surface area contributed by atoms with Crippen LogP contribution in [0.2, 0.25) is 0 Å². The number of urea groups is 1. The molecular formula is C17H14N2O4. The minimum atomic E-state index is -1.80. The van der Waals surface area contributed by atoms with Crippen molar-refractivity contribution >= 4 is 17.8 Å². The Labute approximate surface area is 132 Å². The number of carbonyl (C=O) groups excluding carboxylic acids is 3. The van der Waals surface area contributed by atoms with E-state index in [-0.39, 0.29) is 0 Å². The summed E-state index contributed by atoms with van der Waals surface area (Å²) in [6.45, 7) is 1.32. The molecule has 0 saturated carbocycles. The number of amides is 4. The first-order valence-corrected chi connectivity index (χ1v) is 7.00. The van der Waals surface area contributed by atoms with Gasteiger partial charge in [0.1, 0.15) is 5.75 Å². The molecular weight excluding hydrogens is 296 g/mol. The molecule has 2 N–H and O–H groups in total. The van der Waals surface area contributed by atoms with Crippen molar-refractivity contribution in [3.05, 3.63) is 54.6 Å². The number of hydrogen-bond acceptors (Lipinski definition) is 4. The Morgan fingerprint density at radius 3 is 2.09 bits per heavy atom. The first-order chi connectivity index (χ1) is 11.0. The molecule has 0 radical (unpaired) electrons. The van der Waals surface area contributed by atoms with Gasteiger partial charge in [-0.2, -0.15) is 0 Å². The predicted molar refractivity (Wildman–Crippen MR) is 82.6 cm³/mol. The highest BCUT2D eigenvalue weighted by Crippen LogP contribution is 2.27. The van der Waals surface area contributed by atoms with Gasteiger partial charge in [-0.3, -0.25) is 20.2 Å². The molecule has 1 aliphatic heterocycles. The average molecular weight is 310 g/mol. The van der Waals surface area contributed by atoms with Crippen LogP contribution in [0.5, 0.6) is 5.75 Å². The van der Waals surface area contributed by atoms with Crippen molar-refractivity contribution in [2.45, 2.75) is 12.5 Å². The van der Waals surface area contributed by atoms with E-state index >= 15 is 0 Å². The summed E-state index contributed by atoms with van der Waals surface area (Å²) in [5.41, 5.74) is 0.0682. The van der Waals surface area contributed by atoms with Crippen LogP contribution < -0.4 is 15.4 Å². The summed E-state index contributed by atoms with van der Waals surface area (Å²) in [7, 11) is 0. The molecule has 6 heteroatoms. The van der Waals surface area contributed by atoms with Crippen LogP contribution >= 0.6 is 0 Å². The molecule has 0 bridgehead atoms. The molecule has 0 spiro atoms. The first kappa shape index (κ1) is 14.8. The summed E-state index contributed by atoms with van der Waals surface area (Å²) >= 11 is 0. The zero-order chi connectivity index (χ0) is 16.4. The lowest BCUT2D eigenvalue weighted by Crippen LogP contribution is -2.67. The van der Waals surface area contributed by atoms with E-state index in [0.29, 0.717) is 5.75 Å². The van der Waals surface area contributed by atoms with Gasteiger partial charge in [-0.15, -0.1) is 0 Å². The number of rotatable bonds is 3. The standard InChI is InChI=1S/C17H14N2O4/c1-17(14(20)18-16(22)19-15(17)21)23-13-9-5-8-12(10-13)11-6-3-2-4-7-11/h2-10H,1H3,(H2,18,19,20,21,22). The molecule has 116 valence electrons. The van der Waals surface area contributed by atoms with Crippen LogP contribution in [-0.2, 0) is 9.59 Å². The maximum atomic E-state index is 12.0. The second-order valence-electron chi connectivity index (χ2n) is 5.27.